The number of hydrogen-bond acceptors (Lipinski definition) is 4. The van der Waals surface area contributed by atoms with E-state index in [9.17, 15) is 23.1 Å². The van der Waals surface area contributed by atoms with E-state index in [4.69, 9.17) is 5.11 Å². The van der Waals surface area contributed by atoms with Gasteiger partial charge in [0.05, 0.1) is 6.20 Å². The summed E-state index contributed by atoms with van der Waals surface area (Å²) in [6, 6.07) is 2.49. The minimum atomic E-state index is -4.93. The van der Waals surface area contributed by atoms with Crippen LogP contribution in [0.5, 0.6) is 11.5 Å². The lowest BCUT2D eigenvalue weighted by Crippen LogP contribution is -2.17. The molecular formula is C13H11F3N2O4. The van der Waals surface area contributed by atoms with Crippen LogP contribution in [0.1, 0.15) is 13.0 Å². The number of aromatic hydroxyl groups is 1. The average Bonchev–Trinajstić information content (AvgIpc) is 2.88. The molecule has 0 aliphatic carbocycles. The Balaban J connectivity index is 2.34. The van der Waals surface area contributed by atoms with Gasteiger partial charge in [0.2, 0.25) is 0 Å². The first kappa shape index (κ1) is 15.7. The SMILES string of the molecule is CC(C(=O)O)n1cc(-c2ccc(O)c(OC(F)(F)F)c2)cn1. The molecule has 0 saturated carbocycles. The third kappa shape index (κ3) is 3.48. The summed E-state index contributed by atoms with van der Waals surface area (Å²) >= 11 is 0. The summed E-state index contributed by atoms with van der Waals surface area (Å²) in [5, 5.41) is 22.1. The van der Waals surface area contributed by atoms with Crippen molar-refractivity contribution >= 4 is 5.97 Å². The first-order valence-electron chi connectivity index (χ1n) is 6.03. The monoisotopic (exact) mass is 316 g/mol. The van der Waals surface area contributed by atoms with Gasteiger partial charge >= 0.3 is 12.3 Å². The number of benzene rings is 1. The zero-order valence-electron chi connectivity index (χ0n) is 11.2. The number of carboxylic acids is 1. The number of ether oxygens (including phenoxy) is 1. The molecule has 1 aromatic heterocycles. The quantitative estimate of drug-likeness (QED) is 0.906. The van der Waals surface area contributed by atoms with Gasteiger partial charge in [-0.3, -0.25) is 4.68 Å². The van der Waals surface area contributed by atoms with Crippen molar-refractivity contribution in [2.75, 3.05) is 0 Å². The van der Waals surface area contributed by atoms with E-state index in [1.54, 1.807) is 0 Å². The number of nitrogens with zero attached hydrogens (tertiary/aromatic N) is 2. The third-order valence-electron chi connectivity index (χ3n) is 2.87. The Bertz CT molecular complexity index is 697. The van der Waals surface area contributed by atoms with Crippen molar-refractivity contribution < 1.29 is 32.9 Å². The number of carboxylic acid groups (broad SMARTS) is 1. The first-order chi connectivity index (χ1) is 10.2. The fourth-order valence-electron chi connectivity index (χ4n) is 1.71. The highest BCUT2D eigenvalue weighted by atomic mass is 19.4. The van der Waals surface area contributed by atoms with Crippen LogP contribution >= 0.6 is 0 Å². The van der Waals surface area contributed by atoms with E-state index < -0.39 is 29.9 Å². The molecule has 1 unspecified atom stereocenters. The lowest BCUT2D eigenvalue weighted by Gasteiger charge is -2.11. The number of hydrogen-bond donors (Lipinski definition) is 2. The molecule has 6 nitrogen and oxygen atoms in total. The summed E-state index contributed by atoms with van der Waals surface area (Å²) in [5.74, 6) is -2.50. The Morgan fingerprint density at radius 2 is 2.05 bits per heavy atom. The van der Waals surface area contributed by atoms with Crippen LogP contribution in [0, 0.1) is 0 Å². The Morgan fingerprint density at radius 3 is 2.64 bits per heavy atom. The molecule has 0 bridgehead atoms. The summed E-state index contributed by atoms with van der Waals surface area (Å²) in [6.07, 6.45) is -2.25. The minimum absolute atomic E-state index is 0.292. The number of aromatic nitrogens is 2. The van der Waals surface area contributed by atoms with Gasteiger partial charge in [0.15, 0.2) is 11.5 Å². The van der Waals surface area contributed by atoms with E-state index in [2.05, 4.69) is 9.84 Å². The molecule has 1 heterocycles. The van der Waals surface area contributed by atoms with Gasteiger partial charge in [0, 0.05) is 11.8 Å². The smallest absolute Gasteiger partial charge is 0.504 e. The van der Waals surface area contributed by atoms with Gasteiger partial charge in [-0.25, -0.2) is 4.79 Å². The van der Waals surface area contributed by atoms with E-state index in [0.717, 1.165) is 16.8 Å². The van der Waals surface area contributed by atoms with E-state index >= 15 is 0 Å². The van der Waals surface area contributed by atoms with Gasteiger partial charge in [-0.05, 0) is 24.6 Å². The number of phenols is 1. The van der Waals surface area contributed by atoms with Gasteiger partial charge in [-0.1, -0.05) is 6.07 Å². The average molecular weight is 316 g/mol. The highest BCUT2D eigenvalue weighted by Crippen LogP contribution is 2.35. The van der Waals surface area contributed by atoms with Crippen molar-refractivity contribution in [1.29, 1.82) is 0 Å². The number of rotatable bonds is 4. The Labute approximate surface area is 122 Å². The zero-order chi connectivity index (χ0) is 16.5. The van der Waals surface area contributed by atoms with E-state index in [0.29, 0.717) is 11.1 Å². The van der Waals surface area contributed by atoms with Crippen LogP contribution in [0.15, 0.2) is 30.6 Å². The maximum absolute atomic E-state index is 12.2. The minimum Gasteiger partial charge on any atom is -0.504 e. The van der Waals surface area contributed by atoms with Crippen LogP contribution in [-0.2, 0) is 4.79 Å². The predicted octanol–water partition coefficient (Wildman–Crippen LogP) is 2.80. The molecular weight excluding hydrogens is 305 g/mol. The summed E-state index contributed by atoms with van der Waals surface area (Å²) in [5.41, 5.74) is 0.681. The number of carbonyl (C=O) groups is 1. The largest absolute Gasteiger partial charge is 0.573 e. The molecule has 0 saturated heterocycles. The molecule has 2 N–H and O–H groups in total. The van der Waals surface area contributed by atoms with E-state index in [-0.39, 0.29) is 0 Å². The molecule has 0 amide bonds. The topological polar surface area (TPSA) is 84.6 Å². The molecule has 0 fully saturated rings. The summed E-state index contributed by atoms with van der Waals surface area (Å²) in [6.45, 7) is 1.41. The highest BCUT2D eigenvalue weighted by Gasteiger charge is 2.32. The number of halogens is 3. The van der Waals surface area contributed by atoms with Crippen LogP contribution in [0.2, 0.25) is 0 Å². The maximum atomic E-state index is 12.2. The molecule has 1 aromatic carbocycles. The van der Waals surface area contributed by atoms with E-state index in [1.165, 1.54) is 25.4 Å². The van der Waals surface area contributed by atoms with Gasteiger partial charge in [0.1, 0.15) is 6.04 Å². The molecule has 118 valence electrons. The Kier molecular flexibility index (Phi) is 3.98. The van der Waals surface area contributed by atoms with Crippen LogP contribution in [0.3, 0.4) is 0 Å². The summed E-state index contributed by atoms with van der Waals surface area (Å²) < 4.78 is 41.6. The molecule has 22 heavy (non-hydrogen) atoms. The van der Waals surface area contributed by atoms with Crippen molar-refractivity contribution in [3.05, 3.63) is 30.6 Å². The lowest BCUT2D eigenvalue weighted by atomic mass is 10.1. The van der Waals surface area contributed by atoms with Crippen LogP contribution in [0.25, 0.3) is 11.1 Å². The van der Waals surface area contributed by atoms with E-state index in [1.807, 2.05) is 0 Å². The normalized spacial score (nSPS) is 12.9. The van der Waals surface area contributed by atoms with Crippen LogP contribution in [-0.4, -0.2) is 32.3 Å². The number of aliphatic carboxylic acids is 1. The molecule has 0 radical (unpaired) electrons. The maximum Gasteiger partial charge on any atom is 0.573 e. The molecule has 2 rings (SSSR count). The summed E-state index contributed by atoms with van der Waals surface area (Å²) in [4.78, 5) is 10.9. The highest BCUT2D eigenvalue weighted by molar-refractivity contribution is 5.72. The van der Waals surface area contributed by atoms with Gasteiger partial charge in [0.25, 0.3) is 0 Å². The second kappa shape index (κ2) is 5.58. The molecule has 0 spiro atoms. The Hall–Kier alpha value is -2.71. The fourth-order valence-corrected chi connectivity index (χ4v) is 1.71. The van der Waals surface area contributed by atoms with Crippen molar-refractivity contribution in [2.45, 2.75) is 19.3 Å². The lowest BCUT2D eigenvalue weighted by molar-refractivity contribution is -0.275. The van der Waals surface area contributed by atoms with Gasteiger partial charge in [-0.2, -0.15) is 5.10 Å². The fraction of sp³-hybridized carbons (Fsp3) is 0.231. The van der Waals surface area contributed by atoms with Crippen LogP contribution in [0.4, 0.5) is 13.2 Å². The predicted molar refractivity (Wildman–Crippen MR) is 68.4 cm³/mol. The van der Waals surface area contributed by atoms with Crippen molar-refractivity contribution in [3.8, 4) is 22.6 Å². The second-order valence-electron chi connectivity index (χ2n) is 4.45. The van der Waals surface area contributed by atoms with Crippen LogP contribution < -0.4 is 4.74 Å². The van der Waals surface area contributed by atoms with Crippen molar-refractivity contribution in [1.82, 2.24) is 9.78 Å². The zero-order valence-corrected chi connectivity index (χ0v) is 11.2. The molecule has 2 aromatic rings. The number of alkyl halides is 3. The molecule has 1 atom stereocenters. The molecule has 0 aliphatic heterocycles. The molecule has 0 aliphatic rings. The molecule has 9 heteroatoms. The number of phenolic OH excluding ortho intramolecular Hbond substituents is 1. The first-order valence-corrected chi connectivity index (χ1v) is 6.03. The Morgan fingerprint density at radius 1 is 1.36 bits per heavy atom. The van der Waals surface area contributed by atoms with Crippen molar-refractivity contribution in [2.24, 2.45) is 0 Å². The van der Waals surface area contributed by atoms with Gasteiger partial charge in [-0.15, -0.1) is 13.2 Å². The van der Waals surface area contributed by atoms with Gasteiger partial charge < -0.3 is 14.9 Å². The standard InChI is InChI=1S/C13H11F3N2O4/c1-7(12(20)21)18-6-9(5-17-18)8-2-3-10(19)11(4-8)22-13(14,15)16/h2-7,19H,1H3,(H,20,21). The third-order valence-corrected chi connectivity index (χ3v) is 2.87. The second-order valence-corrected chi connectivity index (χ2v) is 4.45. The summed E-state index contributed by atoms with van der Waals surface area (Å²) in [7, 11) is 0. The van der Waals surface area contributed by atoms with Crippen molar-refractivity contribution in [3.63, 3.8) is 0 Å².